The molecule has 4 nitrogen and oxygen atoms in total. The Balaban J connectivity index is 3.12. The van der Waals surface area contributed by atoms with Crippen LogP contribution in [0.3, 0.4) is 0 Å². The number of aliphatic carboxylic acids is 1. The molecule has 0 heterocycles. The molecule has 0 aromatic rings. The highest BCUT2D eigenvalue weighted by Crippen LogP contribution is 2.11. The van der Waals surface area contributed by atoms with E-state index in [2.05, 4.69) is 0 Å². The fraction of sp³-hybridized carbons (Fsp3) is 0.917. The molecule has 0 aliphatic rings. The molecule has 0 unspecified atom stereocenters. The molecule has 0 aliphatic heterocycles. The molecule has 0 amide bonds. The molecule has 4 heteroatoms. The molecule has 1 N–H and O–H groups in total. The fourth-order valence-electron chi connectivity index (χ4n) is 1.63. The molecule has 0 aromatic heterocycles. The first-order valence-corrected chi connectivity index (χ1v) is 5.98. The van der Waals surface area contributed by atoms with Crippen molar-refractivity contribution in [2.75, 3.05) is 14.2 Å². The second kappa shape index (κ2) is 10.9. The van der Waals surface area contributed by atoms with E-state index in [0.29, 0.717) is 6.42 Å². The number of ether oxygens (including phenoxy) is 2. The second-order valence-corrected chi connectivity index (χ2v) is 3.95. The number of hydrogen-bond acceptors (Lipinski definition) is 3. The summed E-state index contributed by atoms with van der Waals surface area (Å²) < 4.78 is 10.2. The Labute approximate surface area is 97.9 Å². The van der Waals surface area contributed by atoms with Gasteiger partial charge in [-0.1, -0.05) is 25.7 Å². The third-order valence-electron chi connectivity index (χ3n) is 2.61. The van der Waals surface area contributed by atoms with E-state index in [-0.39, 0.29) is 6.29 Å². The first-order valence-electron chi connectivity index (χ1n) is 5.98. The lowest BCUT2D eigenvalue weighted by atomic mass is 10.1. The van der Waals surface area contributed by atoms with E-state index in [0.717, 1.165) is 38.5 Å². The van der Waals surface area contributed by atoms with Crippen molar-refractivity contribution in [3.05, 3.63) is 0 Å². The highest BCUT2D eigenvalue weighted by Gasteiger charge is 2.03. The molecule has 0 saturated heterocycles. The Morgan fingerprint density at radius 1 is 1.00 bits per heavy atom. The smallest absolute Gasteiger partial charge is 0.303 e. The number of carboxylic acid groups (broad SMARTS) is 1. The van der Waals surface area contributed by atoms with Crippen LogP contribution in [0.2, 0.25) is 0 Å². The maximum Gasteiger partial charge on any atom is 0.303 e. The zero-order chi connectivity index (χ0) is 12.2. The molecule has 0 radical (unpaired) electrons. The highest BCUT2D eigenvalue weighted by molar-refractivity contribution is 5.66. The number of carboxylic acids is 1. The molecule has 0 rings (SSSR count). The third kappa shape index (κ3) is 9.93. The molecule has 0 spiro atoms. The second-order valence-electron chi connectivity index (χ2n) is 3.95. The molecule has 0 atom stereocenters. The number of hydrogen-bond donors (Lipinski definition) is 1. The predicted octanol–water partition coefficient (Wildman–Crippen LogP) is 2.81. The quantitative estimate of drug-likeness (QED) is 0.439. The van der Waals surface area contributed by atoms with Gasteiger partial charge in [0.1, 0.15) is 0 Å². The minimum atomic E-state index is -0.692. The number of unbranched alkanes of at least 4 members (excludes halogenated alkanes) is 5. The van der Waals surface area contributed by atoms with Crippen LogP contribution in [0.1, 0.15) is 51.4 Å². The van der Waals surface area contributed by atoms with Crippen molar-refractivity contribution < 1.29 is 19.4 Å². The molecule has 0 bridgehead atoms. The summed E-state index contributed by atoms with van der Waals surface area (Å²) in [7, 11) is 3.31. The molecule has 0 aliphatic carbocycles. The van der Waals surface area contributed by atoms with Crippen molar-refractivity contribution in [1.82, 2.24) is 0 Å². The summed E-state index contributed by atoms with van der Waals surface area (Å²) >= 11 is 0. The average molecular weight is 232 g/mol. The Bertz CT molecular complexity index is 166. The van der Waals surface area contributed by atoms with Crippen molar-refractivity contribution in [2.24, 2.45) is 0 Å². The monoisotopic (exact) mass is 232 g/mol. The normalized spacial score (nSPS) is 10.9. The molecule has 16 heavy (non-hydrogen) atoms. The van der Waals surface area contributed by atoms with Crippen LogP contribution in [0.15, 0.2) is 0 Å². The van der Waals surface area contributed by atoms with Gasteiger partial charge in [0, 0.05) is 20.6 Å². The van der Waals surface area contributed by atoms with Crippen LogP contribution in [0.4, 0.5) is 0 Å². The Morgan fingerprint density at radius 2 is 1.50 bits per heavy atom. The van der Waals surface area contributed by atoms with E-state index in [1.54, 1.807) is 14.2 Å². The lowest BCUT2D eigenvalue weighted by molar-refractivity contribution is -0.137. The van der Waals surface area contributed by atoms with Gasteiger partial charge in [0.2, 0.25) is 0 Å². The Morgan fingerprint density at radius 3 is 2.00 bits per heavy atom. The van der Waals surface area contributed by atoms with E-state index in [9.17, 15) is 4.79 Å². The SMILES string of the molecule is COC(CCCCCCCCC(=O)O)OC. The third-order valence-corrected chi connectivity index (χ3v) is 2.61. The zero-order valence-electron chi connectivity index (χ0n) is 10.4. The molecular weight excluding hydrogens is 208 g/mol. The van der Waals surface area contributed by atoms with E-state index >= 15 is 0 Å². The molecular formula is C12H24O4. The van der Waals surface area contributed by atoms with Crippen LogP contribution in [-0.2, 0) is 14.3 Å². The molecule has 0 saturated carbocycles. The van der Waals surface area contributed by atoms with Gasteiger partial charge in [0.15, 0.2) is 6.29 Å². The summed E-state index contributed by atoms with van der Waals surface area (Å²) in [6.07, 6.45) is 7.53. The lowest BCUT2D eigenvalue weighted by Gasteiger charge is -2.12. The van der Waals surface area contributed by atoms with Crippen LogP contribution in [0.5, 0.6) is 0 Å². The summed E-state index contributed by atoms with van der Waals surface area (Å²) in [5, 5.41) is 8.44. The molecule has 0 aromatic carbocycles. The van der Waals surface area contributed by atoms with Crippen molar-refractivity contribution in [3.63, 3.8) is 0 Å². The van der Waals surface area contributed by atoms with Gasteiger partial charge in [0.25, 0.3) is 0 Å². The summed E-state index contributed by atoms with van der Waals surface area (Å²) in [4.78, 5) is 10.2. The molecule has 0 fully saturated rings. The fourth-order valence-corrected chi connectivity index (χ4v) is 1.63. The van der Waals surface area contributed by atoms with Crippen LogP contribution in [0, 0.1) is 0 Å². The van der Waals surface area contributed by atoms with Gasteiger partial charge < -0.3 is 14.6 Å². The maximum atomic E-state index is 10.2. The minimum Gasteiger partial charge on any atom is -0.481 e. The standard InChI is InChI=1S/C12H24O4/c1-15-12(16-2)10-8-6-4-3-5-7-9-11(13)14/h12H,3-10H2,1-2H3,(H,13,14). The minimum absolute atomic E-state index is 0.0768. The van der Waals surface area contributed by atoms with Gasteiger partial charge >= 0.3 is 5.97 Å². The largest absolute Gasteiger partial charge is 0.481 e. The summed E-state index contributed by atoms with van der Waals surface area (Å²) in [6.45, 7) is 0. The zero-order valence-corrected chi connectivity index (χ0v) is 10.4. The summed E-state index contributed by atoms with van der Waals surface area (Å²) in [5.41, 5.74) is 0. The molecule has 96 valence electrons. The van der Waals surface area contributed by atoms with Crippen molar-refractivity contribution in [3.8, 4) is 0 Å². The van der Waals surface area contributed by atoms with E-state index < -0.39 is 5.97 Å². The first kappa shape index (κ1) is 15.4. The number of carbonyl (C=O) groups is 1. The predicted molar refractivity (Wildman–Crippen MR) is 62.4 cm³/mol. The van der Waals surface area contributed by atoms with Gasteiger partial charge in [0.05, 0.1) is 0 Å². The van der Waals surface area contributed by atoms with Gasteiger partial charge in [-0.15, -0.1) is 0 Å². The van der Waals surface area contributed by atoms with Crippen molar-refractivity contribution in [1.29, 1.82) is 0 Å². The van der Waals surface area contributed by atoms with Crippen LogP contribution >= 0.6 is 0 Å². The number of methoxy groups -OCH3 is 2. The van der Waals surface area contributed by atoms with Crippen LogP contribution in [0.25, 0.3) is 0 Å². The van der Waals surface area contributed by atoms with E-state index in [4.69, 9.17) is 14.6 Å². The van der Waals surface area contributed by atoms with Gasteiger partial charge in [-0.3, -0.25) is 4.79 Å². The number of rotatable bonds is 11. The Kier molecular flexibility index (Phi) is 10.5. The lowest BCUT2D eigenvalue weighted by Crippen LogP contribution is -2.12. The van der Waals surface area contributed by atoms with Crippen molar-refractivity contribution in [2.45, 2.75) is 57.7 Å². The van der Waals surface area contributed by atoms with E-state index in [1.165, 1.54) is 6.42 Å². The van der Waals surface area contributed by atoms with Crippen molar-refractivity contribution >= 4 is 5.97 Å². The maximum absolute atomic E-state index is 10.2. The van der Waals surface area contributed by atoms with Crippen LogP contribution in [-0.4, -0.2) is 31.6 Å². The first-order chi connectivity index (χ1) is 7.70. The topological polar surface area (TPSA) is 55.8 Å². The average Bonchev–Trinajstić information content (AvgIpc) is 2.27. The summed E-state index contributed by atoms with van der Waals surface area (Å²) in [5.74, 6) is -0.692. The Hall–Kier alpha value is -0.610. The van der Waals surface area contributed by atoms with Gasteiger partial charge in [-0.05, 0) is 19.3 Å². The highest BCUT2D eigenvalue weighted by atomic mass is 16.7. The van der Waals surface area contributed by atoms with Gasteiger partial charge in [-0.2, -0.15) is 0 Å². The van der Waals surface area contributed by atoms with E-state index in [1.807, 2.05) is 0 Å². The van der Waals surface area contributed by atoms with Crippen LogP contribution < -0.4 is 0 Å². The summed E-state index contributed by atoms with van der Waals surface area (Å²) in [6, 6.07) is 0. The van der Waals surface area contributed by atoms with Gasteiger partial charge in [-0.25, -0.2) is 0 Å².